The van der Waals surface area contributed by atoms with Gasteiger partial charge in [-0.1, -0.05) is 6.07 Å². The van der Waals surface area contributed by atoms with Gasteiger partial charge in [-0.2, -0.15) is 0 Å². The molecule has 86 valence electrons. The van der Waals surface area contributed by atoms with Crippen molar-refractivity contribution in [1.29, 1.82) is 0 Å². The van der Waals surface area contributed by atoms with Crippen molar-refractivity contribution >= 4 is 5.91 Å². The van der Waals surface area contributed by atoms with Crippen LogP contribution in [0.1, 0.15) is 37.8 Å². The van der Waals surface area contributed by atoms with E-state index in [1.54, 1.807) is 13.1 Å². The van der Waals surface area contributed by atoms with Crippen LogP contribution in [0, 0.1) is 0 Å². The number of rotatable bonds is 1. The fraction of sp³-hybridized carbons (Fsp3) is 0.500. The van der Waals surface area contributed by atoms with E-state index >= 15 is 0 Å². The van der Waals surface area contributed by atoms with E-state index in [1.807, 2.05) is 11.0 Å². The van der Waals surface area contributed by atoms with Crippen molar-refractivity contribution in [3.63, 3.8) is 0 Å². The van der Waals surface area contributed by atoms with Gasteiger partial charge in [0.2, 0.25) is 11.5 Å². The number of amides is 1. The minimum absolute atomic E-state index is 0.103. The molecule has 2 heterocycles. The summed E-state index contributed by atoms with van der Waals surface area (Å²) in [5.74, 6) is 0.107. The topological polar surface area (TPSA) is 53.2 Å². The second-order valence-corrected chi connectivity index (χ2v) is 4.21. The van der Waals surface area contributed by atoms with Gasteiger partial charge in [-0.3, -0.25) is 9.59 Å². The quantitative estimate of drug-likeness (QED) is 0.778. The van der Waals surface area contributed by atoms with E-state index in [-0.39, 0.29) is 17.5 Å². The molecule has 0 aliphatic carbocycles. The zero-order chi connectivity index (χ0) is 11.5. The number of nitrogens with one attached hydrogen (secondary N) is 1. The molecule has 1 atom stereocenters. The van der Waals surface area contributed by atoms with Gasteiger partial charge in [0.15, 0.2) is 0 Å². The highest BCUT2D eigenvalue weighted by atomic mass is 16.2. The Morgan fingerprint density at radius 2 is 2.25 bits per heavy atom. The molecule has 0 saturated carbocycles. The van der Waals surface area contributed by atoms with Crippen LogP contribution in [0.25, 0.3) is 0 Å². The van der Waals surface area contributed by atoms with Crippen LogP contribution >= 0.6 is 0 Å². The first-order valence-electron chi connectivity index (χ1n) is 5.64. The largest absolute Gasteiger partial charge is 0.336 e. The molecule has 1 aromatic heterocycles. The first-order chi connectivity index (χ1) is 7.68. The third-order valence-electron chi connectivity index (χ3n) is 3.10. The molecule has 2 rings (SSSR count). The number of hydrogen-bond donors (Lipinski definition) is 1. The fourth-order valence-corrected chi connectivity index (χ4v) is 2.28. The minimum Gasteiger partial charge on any atom is -0.336 e. The summed E-state index contributed by atoms with van der Waals surface area (Å²) >= 11 is 0. The van der Waals surface area contributed by atoms with Gasteiger partial charge in [0.05, 0.1) is 6.04 Å². The molecule has 0 radical (unpaired) electrons. The second-order valence-electron chi connectivity index (χ2n) is 4.21. The van der Waals surface area contributed by atoms with Gasteiger partial charge >= 0.3 is 0 Å². The zero-order valence-corrected chi connectivity index (χ0v) is 9.40. The van der Waals surface area contributed by atoms with Gasteiger partial charge in [-0.05, 0) is 24.8 Å². The second kappa shape index (κ2) is 4.51. The Hall–Kier alpha value is -1.58. The maximum absolute atomic E-state index is 11.5. The number of carbonyl (C=O) groups is 1. The molecular formula is C12H16N2O2. The molecule has 1 N–H and O–H groups in total. The van der Waals surface area contributed by atoms with Crippen LogP contribution in [0.15, 0.2) is 23.1 Å². The summed E-state index contributed by atoms with van der Waals surface area (Å²) in [6.45, 7) is 2.42. The third-order valence-corrected chi connectivity index (χ3v) is 3.10. The van der Waals surface area contributed by atoms with E-state index < -0.39 is 0 Å². The van der Waals surface area contributed by atoms with E-state index in [4.69, 9.17) is 0 Å². The van der Waals surface area contributed by atoms with Crippen LogP contribution in [-0.4, -0.2) is 22.3 Å². The molecule has 0 bridgehead atoms. The first kappa shape index (κ1) is 10.9. The lowest BCUT2D eigenvalue weighted by molar-refractivity contribution is -0.132. The third kappa shape index (κ3) is 2.15. The Bertz CT molecular complexity index is 418. The molecule has 1 amide bonds. The molecule has 1 aliphatic rings. The van der Waals surface area contributed by atoms with E-state index in [0.717, 1.165) is 31.4 Å². The molecule has 16 heavy (non-hydrogen) atoms. The number of aromatic nitrogens is 1. The highest BCUT2D eigenvalue weighted by Crippen LogP contribution is 2.29. The van der Waals surface area contributed by atoms with Crippen molar-refractivity contribution in [1.82, 2.24) is 9.88 Å². The predicted octanol–water partition coefficient (Wildman–Crippen LogP) is 1.45. The lowest BCUT2D eigenvalue weighted by Crippen LogP contribution is -2.37. The Kier molecular flexibility index (Phi) is 3.08. The molecule has 1 fully saturated rings. The monoisotopic (exact) mass is 220 g/mol. The van der Waals surface area contributed by atoms with Crippen molar-refractivity contribution in [2.45, 2.75) is 32.2 Å². The average molecular weight is 220 g/mol. The van der Waals surface area contributed by atoms with Crippen molar-refractivity contribution in [3.05, 3.63) is 34.2 Å². The van der Waals surface area contributed by atoms with Gasteiger partial charge in [-0.15, -0.1) is 0 Å². The molecule has 0 aromatic carbocycles. The number of pyridine rings is 1. The normalized spacial score (nSPS) is 20.8. The first-order valence-corrected chi connectivity index (χ1v) is 5.64. The summed E-state index contributed by atoms with van der Waals surface area (Å²) in [6.07, 6.45) is 4.90. The number of carbonyl (C=O) groups excluding carboxylic acids is 1. The molecular weight excluding hydrogens is 204 g/mol. The van der Waals surface area contributed by atoms with E-state index in [2.05, 4.69) is 4.98 Å². The van der Waals surface area contributed by atoms with Crippen LogP contribution < -0.4 is 5.56 Å². The molecule has 1 aromatic rings. The number of aromatic amines is 1. The van der Waals surface area contributed by atoms with Crippen LogP contribution in [-0.2, 0) is 4.79 Å². The van der Waals surface area contributed by atoms with Gasteiger partial charge in [-0.25, -0.2) is 0 Å². The molecule has 4 heteroatoms. The van der Waals surface area contributed by atoms with Crippen LogP contribution in [0.3, 0.4) is 0 Å². The van der Waals surface area contributed by atoms with E-state index in [9.17, 15) is 9.59 Å². The lowest BCUT2D eigenvalue weighted by Gasteiger charge is -2.35. The van der Waals surface area contributed by atoms with Gasteiger partial charge < -0.3 is 9.88 Å². The Labute approximate surface area is 94.3 Å². The van der Waals surface area contributed by atoms with Crippen LogP contribution in [0.5, 0.6) is 0 Å². The summed E-state index contributed by atoms with van der Waals surface area (Å²) in [5.41, 5.74) is 0.920. The van der Waals surface area contributed by atoms with Crippen molar-refractivity contribution in [2.75, 3.05) is 6.54 Å². The maximum Gasteiger partial charge on any atom is 0.247 e. The fourth-order valence-electron chi connectivity index (χ4n) is 2.28. The van der Waals surface area contributed by atoms with Gasteiger partial charge in [0, 0.05) is 25.7 Å². The van der Waals surface area contributed by atoms with Crippen molar-refractivity contribution < 1.29 is 4.79 Å². The summed E-state index contributed by atoms with van der Waals surface area (Å²) < 4.78 is 0. The van der Waals surface area contributed by atoms with Crippen LogP contribution in [0.2, 0.25) is 0 Å². The maximum atomic E-state index is 11.5. The summed E-state index contributed by atoms with van der Waals surface area (Å²) in [6, 6.07) is 3.45. The SMILES string of the molecule is CC(=O)N1CCCC[C@@H]1c1ccc(=O)[nH]c1. The molecule has 0 unspecified atom stereocenters. The zero-order valence-electron chi connectivity index (χ0n) is 9.40. The molecule has 1 aliphatic heterocycles. The van der Waals surface area contributed by atoms with Crippen LogP contribution in [0.4, 0.5) is 0 Å². The highest BCUT2D eigenvalue weighted by molar-refractivity contribution is 5.73. The summed E-state index contributed by atoms with van der Waals surface area (Å²) in [5, 5.41) is 0. The molecule has 4 nitrogen and oxygen atoms in total. The van der Waals surface area contributed by atoms with Crippen molar-refractivity contribution in [3.8, 4) is 0 Å². The number of H-pyrrole nitrogens is 1. The average Bonchev–Trinajstić information content (AvgIpc) is 2.30. The molecule has 1 saturated heterocycles. The van der Waals surface area contributed by atoms with E-state index in [1.165, 1.54) is 6.07 Å². The smallest absolute Gasteiger partial charge is 0.247 e. The Morgan fingerprint density at radius 1 is 1.44 bits per heavy atom. The number of hydrogen-bond acceptors (Lipinski definition) is 2. The van der Waals surface area contributed by atoms with E-state index in [0.29, 0.717) is 0 Å². The number of piperidine rings is 1. The summed E-state index contributed by atoms with van der Waals surface area (Å²) in [7, 11) is 0. The van der Waals surface area contributed by atoms with Gasteiger partial charge in [0.1, 0.15) is 0 Å². The highest BCUT2D eigenvalue weighted by Gasteiger charge is 2.25. The standard InChI is InChI=1S/C12H16N2O2/c1-9(15)14-7-3-2-4-11(14)10-5-6-12(16)13-8-10/h5-6,8,11H,2-4,7H2,1H3,(H,13,16)/t11-/m1/s1. The summed E-state index contributed by atoms with van der Waals surface area (Å²) in [4.78, 5) is 27.0. The lowest BCUT2D eigenvalue weighted by atomic mass is 9.96. The number of nitrogens with zero attached hydrogens (tertiary/aromatic N) is 1. The Balaban J connectivity index is 2.26. The number of likely N-dealkylation sites (tertiary alicyclic amines) is 1. The Morgan fingerprint density at radius 3 is 2.88 bits per heavy atom. The predicted molar refractivity (Wildman–Crippen MR) is 61.0 cm³/mol. The molecule has 0 spiro atoms. The van der Waals surface area contributed by atoms with Crippen molar-refractivity contribution in [2.24, 2.45) is 0 Å². The minimum atomic E-state index is -0.103. The van der Waals surface area contributed by atoms with Gasteiger partial charge in [0.25, 0.3) is 0 Å².